The van der Waals surface area contributed by atoms with Crippen LogP contribution in [-0.4, -0.2) is 6.61 Å². The quantitative estimate of drug-likeness (QED) is 0.640. The highest BCUT2D eigenvalue weighted by Gasteiger charge is 2.21. The van der Waals surface area contributed by atoms with Gasteiger partial charge in [0.1, 0.15) is 11.9 Å². The van der Waals surface area contributed by atoms with E-state index in [9.17, 15) is 0 Å². The Morgan fingerprint density at radius 3 is 2.92 bits per heavy atom. The molecule has 0 bridgehead atoms. The van der Waals surface area contributed by atoms with Gasteiger partial charge in [0.2, 0.25) is 0 Å². The molecule has 0 aromatic carbocycles. The first-order valence-corrected chi connectivity index (χ1v) is 4.51. The zero-order valence-corrected chi connectivity index (χ0v) is 7.32. The van der Waals surface area contributed by atoms with Crippen LogP contribution in [0.15, 0.2) is 22.8 Å². The second kappa shape index (κ2) is 3.31. The fourth-order valence-electron chi connectivity index (χ4n) is 1.58. The van der Waals surface area contributed by atoms with Crippen LogP contribution in [0, 0.1) is 5.92 Å². The van der Waals surface area contributed by atoms with E-state index in [0.717, 1.165) is 18.8 Å². The lowest BCUT2D eigenvalue weighted by Crippen LogP contribution is -2.17. The zero-order chi connectivity index (χ0) is 8.39. The maximum atomic E-state index is 5.64. The van der Waals surface area contributed by atoms with Crippen LogP contribution in [0.5, 0.6) is 0 Å². The summed E-state index contributed by atoms with van der Waals surface area (Å²) in [6.45, 7) is 3.09. The molecule has 2 nitrogen and oxygen atoms in total. The standard InChI is InChI=1S/C10H14O2/c1-8-4-5-10(12-7-8)9-3-2-6-11-9/h2-3,6,8,10H,4-5,7H2,1H3. The minimum Gasteiger partial charge on any atom is -0.467 e. The van der Waals surface area contributed by atoms with Crippen LogP contribution in [0.4, 0.5) is 0 Å². The van der Waals surface area contributed by atoms with Crippen molar-refractivity contribution >= 4 is 0 Å². The summed E-state index contributed by atoms with van der Waals surface area (Å²) in [5, 5.41) is 0. The average molecular weight is 166 g/mol. The summed E-state index contributed by atoms with van der Waals surface area (Å²) < 4.78 is 10.9. The number of hydrogen-bond acceptors (Lipinski definition) is 2. The van der Waals surface area contributed by atoms with Gasteiger partial charge in [-0.3, -0.25) is 0 Å². The summed E-state index contributed by atoms with van der Waals surface area (Å²) in [6, 6.07) is 3.90. The third-order valence-corrected chi connectivity index (χ3v) is 2.36. The lowest BCUT2D eigenvalue weighted by molar-refractivity contribution is -0.0236. The van der Waals surface area contributed by atoms with Gasteiger partial charge in [0.25, 0.3) is 0 Å². The van der Waals surface area contributed by atoms with Gasteiger partial charge in [-0.15, -0.1) is 0 Å². The van der Waals surface area contributed by atoms with Gasteiger partial charge < -0.3 is 9.15 Å². The molecule has 0 amide bonds. The summed E-state index contributed by atoms with van der Waals surface area (Å²) >= 11 is 0. The number of rotatable bonds is 1. The van der Waals surface area contributed by atoms with Crippen molar-refractivity contribution < 1.29 is 9.15 Å². The van der Waals surface area contributed by atoms with Gasteiger partial charge in [0.05, 0.1) is 12.9 Å². The predicted molar refractivity (Wildman–Crippen MR) is 45.8 cm³/mol. The van der Waals surface area contributed by atoms with Crippen molar-refractivity contribution in [1.29, 1.82) is 0 Å². The Morgan fingerprint density at radius 1 is 1.42 bits per heavy atom. The van der Waals surface area contributed by atoms with E-state index in [1.165, 1.54) is 6.42 Å². The normalized spacial score (nSPS) is 30.4. The van der Waals surface area contributed by atoms with Gasteiger partial charge in [-0.05, 0) is 30.9 Å². The molecule has 0 radical (unpaired) electrons. The fraction of sp³-hybridized carbons (Fsp3) is 0.600. The van der Waals surface area contributed by atoms with Crippen LogP contribution in [0.25, 0.3) is 0 Å². The van der Waals surface area contributed by atoms with Gasteiger partial charge in [0, 0.05) is 0 Å². The minimum absolute atomic E-state index is 0.205. The van der Waals surface area contributed by atoms with E-state index in [1.54, 1.807) is 6.26 Å². The van der Waals surface area contributed by atoms with Gasteiger partial charge in [-0.25, -0.2) is 0 Å². The molecule has 66 valence electrons. The molecule has 0 N–H and O–H groups in total. The Morgan fingerprint density at radius 2 is 2.33 bits per heavy atom. The Bertz CT molecular complexity index is 220. The van der Waals surface area contributed by atoms with Crippen LogP contribution in [0.2, 0.25) is 0 Å². The van der Waals surface area contributed by atoms with E-state index < -0.39 is 0 Å². The van der Waals surface area contributed by atoms with Crippen molar-refractivity contribution in [2.45, 2.75) is 25.9 Å². The van der Waals surface area contributed by atoms with Crippen molar-refractivity contribution in [2.24, 2.45) is 5.92 Å². The smallest absolute Gasteiger partial charge is 0.132 e. The van der Waals surface area contributed by atoms with E-state index in [-0.39, 0.29) is 6.10 Å². The summed E-state index contributed by atoms with van der Waals surface area (Å²) in [6.07, 6.45) is 4.24. The minimum atomic E-state index is 0.205. The van der Waals surface area contributed by atoms with E-state index in [2.05, 4.69) is 6.92 Å². The summed E-state index contributed by atoms with van der Waals surface area (Å²) in [5.41, 5.74) is 0. The Hall–Kier alpha value is -0.760. The van der Waals surface area contributed by atoms with Crippen LogP contribution >= 0.6 is 0 Å². The van der Waals surface area contributed by atoms with Gasteiger partial charge >= 0.3 is 0 Å². The van der Waals surface area contributed by atoms with Crippen LogP contribution in [0.3, 0.4) is 0 Å². The molecule has 0 saturated carbocycles. The first-order valence-electron chi connectivity index (χ1n) is 4.51. The van der Waals surface area contributed by atoms with Crippen LogP contribution in [0.1, 0.15) is 31.6 Å². The number of hydrogen-bond donors (Lipinski definition) is 0. The Labute approximate surface area is 72.5 Å². The first-order chi connectivity index (χ1) is 5.86. The molecule has 2 heteroatoms. The number of furan rings is 1. The van der Waals surface area contributed by atoms with E-state index in [1.807, 2.05) is 12.1 Å². The van der Waals surface area contributed by atoms with Crippen LogP contribution < -0.4 is 0 Å². The Kier molecular flexibility index (Phi) is 2.17. The molecule has 2 unspecified atom stereocenters. The Balaban J connectivity index is 1.99. The fourth-order valence-corrected chi connectivity index (χ4v) is 1.58. The monoisotopic (exact) mass is 166 g/mol. The lowest BCUT2D eigenvalue weighted by Gasteiger charge is -2.25. The van der Waals surface area contributed by atoms with Crippen molar-refractivity contribution in [3.63, 3.8) is 0 Å². The summed E-state index contributed by atoms with van der Waals surface area (Å²) in [7, 11) is 0. The molecular weight excluding hydrogens is 152 g/mol. The van der Waals surface area contributed by atoms with Crippen molar-refractivity contribution in [3.05, 3.63) is 24.2 Å². The summed E-state index contributed by atoms with van der Waals surface area (Å²) in [5.74, 6) is 1.68. The van der Waals surface area contributed by atoms with Crippen LogP contribution in [-0.2, 0) is 4.74 Å². The SMILES string of the molecule is CC1CCC(c2ccco2)OC1. The first kappa shape index (κ1) is 7.87. The zero-order valence-electron chi connectivity index (χ0n) is 7.32. The summed E-state index contributed by atoms with van der Waals surface area (Å²) in [4.78, 5) is 0. The molecule has 2 atom stereocenters. The second-order valence-electron chi connectivity index (χ2n) is 3.52. The molecule has 1 aliphatic heterocycles. The molecule has 2 heterocycles. The highest BCUT2D eigenvalue weighted by Crippen LogP contribution is 2.30. The predicted octanol–water partition coefficient (Wildman–Crippen LogP) is 2.77. The highest BCUT2D eigenvalue weighted by atomic mass is 16.5. The van der Waals surface area contributed by atoms with E-state index in [0.29, 0.717) is 5.92 Å². The second-order valence-corrected chi connectivity index (χ2v) is 3.52. The molecule has 0 aliphatic carbocycles. The van der Waals surface area contributed by atoms with Gasteiger partial charge in [-0.2, -0.15) is 0 Å². The molecular formula is C10H14O2. The third kappa shape index (κ3) is 1.53. The maximum Gasteiger partial charge on any atom is 0.132 e. The largest absolute Gasteiger partial charge is 0.467 e. The highest BCUT2D eigenvalue weighted by molar-refractivity contribution is 5.02. The molecule has 0 spiro atoms. The molecule has 1 saturated heterocycles. The average Bonchev–Trinajstić information content (AvgIpc) is 2.58. The molecule has 12 heavy (non-hydrogen) atoms. The molecule has 2 rings (SSSR count). The third-order valence-electron chi connectivity index (χ3n) is 2.36. The topological polar surface area (TPSA) is 22.4 Å². The van der Waals surface area contributed by atoms with Gasteiger partial charge in [0.15, 0.2) is 0 Å². The lowest BCUT2D eigenvalue weighted by atomic mass is 9.99. The van der Waals surface area contributed by atoms with Gasteiger partial charge in [-0.1, -0.05) is 6.92 Å². The van der Waals surface area contributed by atoms with Crippen molar-refractivity contribution in [3.8, 4) is 0 Å². The maximum absolute atomic E-state index is 5.64. The van der Waals surface area contributed by atoms with Crippen molar-refractivity contribution in [1.82, 2.24) is 0 Å². The van der Waals surface area contributed by atoms with E-state index in [4.69, 9.17) is 9.15 Å². The molecule has 1 aliphatic rings. The number of ether oxygens (including phenoxy) is 1. The molecule has 1 aromatic rings. The van der Waals surface area contributed by atoms with Crippen molar-refractivity contribution in [2.75, 3.05) is 6.61 Å². The molecule has 1 fully saturated rings. The van der Waals surface area contributed by atoms with E-state index >= 15 is 0 Å². The molecule has 1 aromatic heterocycles.